The van der Waals surface area contributed by atoms with Crippen molar-refractivity contribution in [3.8, 4) is 28.5 Å². The van der Waals surface area contributed by atoms with Gasteiger partial charge in [-0.2, -0.15) is 5.26 Å². The SMILES string of the molecule is Cc1cc(-c2noc(CF)c2-c2ccc(S(C)(=O)=O)c(F)c2)ccc1C#N. The summed E-state index contributed by atoms with van der Waals surface area (Å²) in [5.74, 6) is -1.04. The van der Waals surface area contributed by atoms with Crippen LogP contribution in [-0.4, -0.2) is 19.8 Å². The van der Waals surface area contributed by atoms with Crippen LogP contribution in [0.25, 0.3) is 22.4 Å². The van der Waals surface area contributed by atoms with Crippen LogP contribution in [-0.2, 0) is 16.5 Å². The average molecular weight is 388 g/mol. The Kier molecular flexibility index (Phi) is 4.81. The molecule has 3 aromatic rings. The van der Waals surface area contributed by atoms with Gasteiger partial charge in [0.2, 0.25) is 0 Å². The van der Waals surface area contributed by atoms with E-state index >= 15 is 0 Å². The molecule has 0 saturated carbocycles. The number of halogens is 2. The summed E-state index contributed by atoms with van der Waals surface area (Å²) in [5, 5.41) is 12.9. The first-order valence-electron chi connectivity index (χ1n) is 7.82. The third kappa shape index (κ3) is 3.46. The summed E-state index contributed by atoms with van der Waals surface area (Å²) in [6.45, 7) is 0.783. The zero-order chi connectivity index (χ0) is 19.8. The van der Waals surface area contributed by atoms with Gasteiger partial charge < -0.3 is 4.52 Å². The van der Waals surface area contributed by atoms with Crippen molar-refractivity contribution in [1.29, 1.82) is 5.26 Å². The summed E-state index contributed by atoms with van der Waals surface area (Å²) in [5.41, 5.74) is 2.51. The maximum Gasteiger partial charge on any atom is 0.178 e. The standard InChI is InChI=1S/C19H14F2N2O3S/c1-11-7-13(3-4-14(11)10-22)19-18(16(9-20)26-23-19)12-5-6-17(15(21)8-12)27(2,24)25/h3-8H,9H2,1-2H3. The summed E-state index contributed by atoms with van der Waals surface area (Å²) in [6, 6.07) is 10.5. The molecule has 0 bridgehead atoms. The van der Waals surface area contributed by atoms with Crippen LogP contribution in [0, 0.1) is 24.1 Å². The van der Waals surface area contributed by atoms with Crippen LogP contribution in [0.4, 0.5) is 8.78 Å². The molecule has 0 fully saturated rings. The number of hydrogen-bond acceptors (Lipinski definition) is 5. The molecule has 2 aromatic carbocycles. The fourth-order valence-corrected chi connectivity index (χ4v) is 3.53. The monoisotopic (exact) mass is 388 g/mol. The number of alkyl halides is 1. The highest BCUT2D eigenvalue weighted by Gasteiger charge is 2.22. The van der Waals surface area contributed by atoms with E-state index in [-0.39, 0.29) is 22.6 Å². The summed E-state index contributed by atoms with van der Waals surface area (Å²) in [6.07, 6.45) is 0.905. The lowest BCUT2D eigenvalue weighted by Crippen LogP contribution is -2.01. The van der Waals surface area contributed by atoms with Gasteiger partial charge in [-0.05, 0) is 42.3 Å². The molecule has 0 aliphatic heterocycles. The Hall–Kier alpha value is -3.05. The minimum Gasteiger partial charge on any atom is -0.357 e. The smallest absolute Gasteiger partial charge is 0.178 e. The fraction of sp³-hybridized carbons (Fsp3) is 0.158. The van der Waals surface area contributed by atoms with Gasteiger partial charge in [-0.25, -0.2) is 17.2 Å². The van der Waals surface area contributed by atoms with E-state index in [9.17, 15) is 17.2 Å². The van der Waals surface area contributed by atoms with Crippen molar-refractivity contribution in [2.75, 3.05) is 6.26 Å². The van der Waals surface area contributed by atoms with Crippen LogP contribution >= 0.6 is 0 Å². The number of aryl methyl sites for hydroxylation is 1. The van der Waals surface area contributed by atoms with E-state index in [1.54, 1.807) is 25.1 Å². The minimum atomic E-state index is -3.73. The van der Waals surface area contributed by atoms with Crippen LogP contribution in [0.2, 0.25) is 0 Å². The summed E-state index contributed by atoms with van der Waals surface area (Å²) < 4.78 is 56.0. The molecule has 27 heavy (non-hydrogen) atoms. The maximum absolute atomic E-state index is 14.3. The highest BCUT2D eigenvalue weighted by Crippen LogP contribution is 2.36. The second-order valence-corrected chi connectivity index (χ2v) is 8.01. The predicted molar refractivity (Wildman–Crippen MR) is 94.7 cm³/mol. The number of aromatic nitrogens is 1. The lowest BCUT2D eigenvalue weighted by Gasteiger charge is -2.07. The van der Waals surface area contributed by atoms with E-state index in [0.29, 0.717) is 16.7 Å². The number of nitriles is 1. The second kappa shape index (κ2) is 6.93. The van der Waals surface area contributed by atoms with Gasteiger partial charge in [-0.3, -0.25) is 0 Å². The van der Waals surface area contributed by atoms with Gasteiger partial charge >= 0.3 is 0 Å². The van der Waals surface area contributed by atoms with Gasteiger partial charge in [0.25, 0.3) is 0 Å². The first-order chi connectivity index (χ1) is 12.8. The maximum atomic E-state index is 14.3. The van der Waals surface area contributed by atoms with Crippen molar-refractivity contribution in [3.05, 3.63) is 59.1 Å². The van der Waals surface area contributed by atoms with Gasteiger partial charge in [-0.15, -0.1) is 0 Å². The summed E-state index contributed by atoms with van der Waals surface area (Å²) >= 11 is 0. The van der Waals surface area contributed by atoms with Crippen molar-refractivity contribution in [2.24, 2.45) is 0 Å². The van der Waals surface area contributed by atoms with Gasteiger partial charge in [0.05, 0.1) is 17.2 Å². The molecule has 0 spiro atoms. The highest BCUT2D eigenvalue weighted by atomic mass is 32.2. The first kappa shape index (κ1) is 18.7. The van der Waals surface area contributed by atoms with Crippen molar-refractivity contribution in [2.45, 2.75) is 18.5 Å². The van der Waals surface area contributed by atoms with E-state index in [2.05, 4.69) is 11.2 Å². The Balaban J connectivity index is 2.20. The number of nitrogens with zero attached hydrogens (tertiary/aromatic N) is 2. The minimum absolute atomic E-state index is 0.0986. The van der Waals surface area contributed by atoms with Gasteiger partial charge in [0.15, 0.2) is 22.3 Å². The molecule has 5 nitrogen and oxygen atoms in total. The van der Waals surface area contributed by atoms with Crippen LogP contribution in [0.15, 0.2) is 45.8 Å². The number of sulfone groups is 1. The molecule has 0 unspecified atom stereocenters. The molecule has 3 rings (SSSR count). The summed E-state index contributed by atoms with van der Waals surface area (Å²) in [4.78, 5) is -0.444. The van der Waals surface area contributed by atoms with Crippen molar-refractivity contribution in [1.82, 2.24) is 5.16 Å². The average Bonchev–Trinajstić information content (AvgIpc) is 3.04. The van der Waals surface area contributed by atoms with Crippen molar-refractivity contribution >= 4 is 9.84 Å². The lowest BCUT2D eigenvalue weighted by molar-refractivity contribution is 0.332. The third-order valence-electron chi connectivity index (χ3n) is 4.12. The summed E-state index contributed by atoms with van der Waals surface area (Å²) in [7, 11) is -3.73. The molecular weight excluding hydrogens is 374 g/mol. The van der Waals surface area contributed by atoms with E-state index in [0.717, 1.165) is 18.4 Å². The zero-order valence-electron chi connectivity index (χ0n) is 14.5. The molecule has 0 saturated heterocycles. The van der Waals surface area contributed by atoms with Crippen molar-refractivity contribution in [3.63, 3.8) is 0 Å². The zero-order valence-corrected chi connectivity index (χ0v) is 15.3. The first-order valence-corrected chi connectivity index (χ1v) is 9.71. The molecule has 138 valence electrons. The van der Waals surface area contributed by atoms with Crippen LogP contribution in [0.1, 0.15) is 16.9 Å². The number of rotatable bonds is 4. The lowest BCUT2D eigenvalue weighted by atomic mass is 9.97. The molecule has 0 aliphatic carbocycles. The van der Waals surface area contributed by atoms with Gasteiger partial charge in [-0.1, -0.05) is 17.3 Å². The molecule has 0 radical (unpaired) electrons. The van der Waals surface area contributed by atoms with Crippen LogP contribution < -0.4 is 0 Å². The Morgan fingerprint density at radius 1 is 1.19 bits per heavy atom. The number of hydrogen-bond donors (Lipinski definition) is 0. The van der Waals surface area contributed by atoms with E-state index in [1.807, 2.05) is 0 Å². The Morgan fingerprint density at radius 3 is 2.44 bits per heavy atom. The van der Waals surface area contributed by atoms with Gasteiger partial charge in [0.1, 0.15) is 16.4 Å². The molecule has 1 aromatic heterocycles. The molecular formula is C19H14F2N2O3S. The third-order valence-corrected chi connectivity index (χ3v) is 5.25. The van der Waals surface area contributed by atoms with E-state index in [1.165, 1.54) is 6.07 Å². The Bertz CT molecular complexity index is 1180. The fourth-order valence-electron chi connectivity index (χ4n) is 2.80. The molecule has 0 atom stereocenters. The highest BCUT2D eigenvalue weighted by molar-refractivity contribution is 7.90. The van der Waals surface area contributed by atoms with E-state index in [4.69, 9.17) is 9.78 Å². The van der Waals surface area contributed by atoms with Crippen molar-refractivity contribution < 1.29 is 21.7 Å². The molecule has 0 aliphatic rings. The van der Waals surface area contributed by atoms with Gasteiger partial charge in [0, 0.05) is 11.8 Å². The molecule has 8 heteroatoms. The second-order valence-electron chi connectivity index (χ2n) is 6.02. The Morgan fingerprint density at radius 2 is 1.89 bits per heavy atom. The van der Waals surface area contributed by atoms with Crippen LogP contribution in [0.3, 0.4) is 0 Å². The topological polar surface area (TPSA) is 84.0 Å². The normalized spacial score (nSPS) is 11.4. The number of benzene rings is 2. The molecule has 0 amide bonds. The predicted octanol–water partition coefficient (Wildman–Crippen LogP) is 4.20. The van der Waals surface area contributed by atoms with E-state index < -0.39 is 27.2 Å². The van der Waals surface area contributed by atoms with Crippen LogP contribution in [0.5, 0.6) is 0 Å². The Labute approximate surface area is 154 Å². The quantitative estimate of drug-likeness (QED) is 0.669. The molecule has 0 N–H and O–H groups in total. The largest absolute Gasteiger partial charge is 0.357 e. The molecule has 1 heterocycles.